The third kappa shape index (κ3) is 3.71. The lowest BCUT2D eigenvalue weighted by Crippen LogP contribution is -2.44. The highest BCUT2D eigenvalue weighted by atomic mass is 32.1. The summed E-state index contributed by atoms with van der Waals surface area (Å²) in [5.74, 6) is -0.539. The molecule has 0 saturated carbocycles. The zero-order chi connectivity index (χ0) is 16.9. The first-order valence-electron chi connectivity index (χ1n) is 7.93. The Labute approximate surface area is 144 Å². The summed E-state index contributed by atoms with van der Waals surface area (Å²) >= 11 is 1.32. The molecule has 0 saturated heterocycles. The van der Waals surface area contributed by atoms with Crippen molar-refractivity contribution in [3.05, 3.63) is 53.1 Å². The number of hydrazine groups is 1. The fourth-order valence-electron chi connectivity index (χ4n) is 2.62. The average Bonchev–Trinajstić information content (AvgIpc) is 3.03. The molecule has 0 radical (unpaired) electrons. The minimum Gasteiger partial charge on any atom is -0.273 e. The van der Waals surface area contributed by atoms with Gasteiger partial charge in [-0.05, 0) is 26.2 Å². The highest BCUT2D eigenvalue weighted by Gasteiger charge is 2.21. The van der Waals surface area contributed by atoms with Crippen LogP contribution in [0.25, 0.3) is 10.6 Å². The van der Waals surface area contributed by atoms with Crippen LogP contribution >= 0.6 is 11.3 Å². The number of amides is 2. The highest BCUT2D eigenvalue weighted by molar-refractivity contribution is 7.17. The van der Waals surface area contributed by atoms with Gasteiger partial charge in [0.15, 0.2) is 0 Å². The summed E-state index contributed by atoms with van der Waals surface area (Å²) < 4.78 is 0. The van der Waals surface area contributed by atoms with E-state index in [1.165, 1.54) is 11.3 Å². The predicted octanol–water partition coefficient (Wildman–Crippen LogP) is 3.24. The van der Waals surface area contributed by atoms with Gasteiger partial charge in [-0.2, -0.15) is 0 Å². The van der Waals surface area contributed by atoms with E-state index in [4.69, 9.17) is 0 Å². The average molecular weight is 341 g/mol. The third-order valence-corrected chi connectivity index (χ3v) is 5.17. The number of carbonyl (C=O) groups is 2. The molecule has 24 heavy (non-hydrogen) atoms. The van der Waals surface area contributed by atoms with Crippen molar-refractivity contribution in [2.24, 2.45) is 5.92 Å². The molecule has 124 valence electrons. The van der Waals surface area contributed by atoms with Gasteiger partial charge in [0.05, 0.1) is 5.69 Å². The first-order valence-corrected chi connectivity index (χ1v) is 8.75. The highest BCUT2D eigenvalue weighted by Crippen LogP contribution is 2.27. The van der Waals surface area contributed by atoms with Gasteiger partial charge in [0.1, 0.15) is 9.88 Å². The van der Waals surface area contributed by atoms with Crippen LogP contribution in [0.1, 0.15) is 34.6 Å². The molecular weight excluding hydrogens is 322 g/mol. The van der Waals surface area contributed by atoms with Crippen molar-refractivity contribution in [2.75, 3.05) is 0 Å². The van der Waals surface area contributed by atoms with E-state index in [-0.39, 0.29) is 17.7 Å². The Balaban J connectivity index is 1.64. The minimum atomic E-state index is -0.327. The van der Waals surface area contributed by atoms with Gasteiger partial charge >= 0.3 is 0 Å². The second-order valence-corrected chi connectivity index (χ2v) is 6.72. The monoisotopic (exact) mass is 341 g/mol. The lowest BCUT2D eigenvalue weighted by molar-refractivity contribution is -0.126. The van der Waals surface area contributed by atoms with Crippen LogP contribution in [0.5, 0.6) is 0 Å². The Hall–Kier alpha value is -2.47. The predicted molar refractivity (Wildman–Crippen MR) is 94.4 cm³/mol. The number of rotatable bonds is 3. The van der Waals surface area contributed by atoms with E-state index in [1.54, 1.807) is 6.92 Å². The summed E-state index contributed by atoms with van der Waals surface area (Å²) in [7, 11) is 0. The summed E-state index contributed by atoms with van der Waals surface area (Å²) in [5.41, 5.74) is 6.68. The van der Waals surface area contributed by atoms with E-state index in [9.17, 15) is 9.59 Å². The van der Waals surface area contributed by atoms with Crippen LogP contribution in [-0.2, 0) is 4.79 Å². The fourth-order valence-corrected chi connectivity index (χ4v) is 3.59. The first-order chi connectivity index (χ1) is 11.6. The van der Waals surface area contributed by atoms with Gasteiger partial charge in [-0.25, -0.2) is 4.98 Å². The van der Waals surface area contributed by atoms with Crippen LogP contribution in [-0.4, -0.2) is 16.8 Å². The van der Waals surface area contributed by atoms with Crippen molar-refractivity contribution in [1.82, 2.24) is 15.8 Å². The summed E-state index contributed by atoms with van der Waals surface area (Å²) in [6.07, 6.45) is 6.53. The standard InChI is InChI=1S/C18H19N3O2S/c1-12-15(24-18(19-12)14-10-6-3-7-11-14)17(23)21-20-16(22)13-8-4-2-5-9-13/h2-4,6-7,10-11,13H,5,8-9H2,1H3,(H,20,22)(H,21,23). The maximum absolute atomic E-state index is 12.3. The largest absolute Gasteiger partial charge is 0.281 e. The molecule has 2 aromatic rings. The number of benzene rings is 1. The normalized spacial score (nSPS) is 16.6. The summed E-state index contributed by atoms with van der Waals surface area (Å²) in [6.45, 7) is 1.80. The summed E-state index contributed by atoms with van der Waals surface area (Å²) in [4.78, 5) is 29.4. The Morgan fingerprint density at radius 1 is 1.17 bits per heavy atom. The van der Waals surface area contributed by atoms with Crippen molar-refractivity contribution < 1.29 is 9.59 Å². The third-order valence-electron chi connectivity index (χ3n) is 3.96. The molecule has 0 aliphatic heterocycles. The maximum Gasteiger partial charge on any atom is 0.281 e. The topological polar surface area (TPSA) is 71.1 Å². The molecule has 1 aliphatic rings. The molecule has 1 aromatic heterocycles. The number of thiazole rings is 1. The minimum absolute atomic E-state index is 0.0715. The molecule has 1 aromatic carbocycles. The van der Waals surface area contributed by atoms with E-state index < -0.39 is 0 Å². The SMILES string of the molecule is Cc1nc(-c2ccccc2)sc1C(=O)NNC(=O)C1CC=CCC1. The van der Waals surface area contributed by atoms with Crippen molar-refractivity contribution in [1.29, 1.82) is 0 Å². The molecule has 3 rings (SSSR count). The van der Waals surface area contributed by atoms with Crippen molar-refractivity contribution in [3.8, 4) is 10.6 Å². The van der Waals surface area contributed by atoms with E-state index in [0.29, 0.717) is 10.6 Å². The molecular formula is C18H19N3O2S. The van der Waals surface area contributed by atoms with Gasteiger partial charge in [0, 0.05) is 11.5 Å². The fraction of sp³-hybridized carbons (Fsp3) is 0.278. The molecule has 5 nitrogen and oxygen atoms in total. The van der Waals surface area contributed by atoms with Gasteiger partial charge in [0.25, 0.3) is 5.91 Å². The summed E-state index contributed by atoms with van der Waals surface area (Å²) in [6, 6.07) is 9.72. The Bertz CT molecular complexity index is 768. The number of nitrogens with zero attached hydrogens (tertiary/aromatic N) is 1. The van der Waals surface area contributed by atoms with Gasteiger partial charge < -0.3 is 0 Å². The molecule has 0 spiro atoms. The van der Waals surface area contributed by atoms with Crippen LogP contribution in [0, 0.1) is 12.8 Å². The Morgan fingerprint density at radius 2 is 1.96 bits per heavy atom. The lowest BCUT2D eigenvalue weighted by atomic mass is 9.94. The maximum atomic E-state index is 12.3. The number of allylic oxidation sites excluding steroid dienone is 2. The quantitative estimate of drug-likeness (QED) is 0.665. The van der Waals surface area contributed by atoms with Crippen LogP contribution in [0.15, 0.2) is 42.5 Å². The zero-order valence-electron chi connectivity index (χ0n) is 13.4. The second kappa shape index (κ2) is 7.40. The molecule has 1 unspecified atom stereocenters. The van der Waals surface area contributed by atoms with Gasteiger partial charge in [-0.15, -0.1) is 11.3 Å². The number of aryl methyl sites for hydroxylation is 1. The van der Waals surface area contributed by atoms with E-state index in [0.717, 1.165) is 29.8 Å². The van der Waals surface area contributed by atoms with Crippen molar-refractivity contribution >= 4 is 23.2 Å². The van der Waals surface area contributed by atoms with Crippen LogP contribution in [0.2, 0.25) is 0 Å². The molecule has 2 N–H and O–H groups in total. The van der Waals surface area contributed by atoms with Crippen LogP contribution in [0.3, 0.4) is 0 Å². The first kappa shape index (κ1) is 16.4. The number of aromatic nitrogens is 1. The van der Waals surface area contributed by atoms with Gasteiger partial charge in [-0.1, -0.05) is 42.5 Å². The number of carbonyl (C=O) groups excluding carboxylic acids is 2. The zero-order valence-corrected chi connectivity index (χ0v) is 14.2. The second-order valence-electron chi connectivity index (χ2n) is 5.72. The molecule has 0 bridgehead atoms. The Morgan fingerprint density at radius 3 is 2.67 bits per heavy atom. The smallest absolute Gasteiger partial charge is 0.273 e. The lowest BCUT2D eigenvalue weighted by Gasteiger charge is -2.17. The van der Waals surface area contributed by atoms with Crippen molar-refractivity contribution in [2.45, 2.75) is 26.2 Å². The van der Waals surface area contributed by atoms with Crippen LogP contribution in [0.4, 0.5) is 0 Å². The summed E-state index contributed by atoms with van der Waals surface area (Å²) in [5, 5.41) is 0.794. The number of nitrogens with one attached hydrogen (secondary N) is 2. The van der Waals surface area contributed by atoms with E-state index in [2.05, 4.69) is 21.9 Å². The number of hydrogen-bond acceptors (Lipinski definition) is 4. The molecule has 0 fully saturated rings. The molecule has 1 heterocycles. The molecule has 1 atom stereocenters. The van der Waals surface area contributed by atoms with Crippen LogP contribution < -0.4 is 10.9 Å². The van der Waals surface area contributed by atoms with Crippen molar-refractivity contribution in [3.63, 3.8) is 0 Å². The van der Waals surface area contributed by atoms with Gasteiger partial charge in [-0.3, -0.25) is 20.4 Å². The molecule has 6 heteroatoms. The molecule has 1 aliphatic carbocycles. The molecule has 2 amide bonds. The number of hydrogen-bond donors (Lipinski definition) is 2. The van der Waals surface area contributed by atoms with E-state index in [1.807, 2.05) is 36.4 Å². The Kier molecular flexibility index (Phi) is 5.05. The van der Waals surface area contributed by atoms with Gasteiger partial charge in [0.2, 0.25) is 5.91 Å². The van der Waals surface area contributed by atoms with E-state index >= 15 is 0 Å².